The van der Waals surface area contributed by atoms with Gasteiger partial charge in [-0.15, -0.1) is 0 Å². The quantitative estimate of drug-likeness (QED) is 0.781. The van der Waals surface area contributed by atoms with Crippen LogP contribution in [-0.2, 0) is 4.79 Å². The van der Waals surface area contributed by atoms with Crippen LogP contribution in [0.4, 0.5) is 5.69 Å². The number of carboxylic acids is 1. The molecule has 0 unspecified atom stereocenters. The molecule has 0 saturated carbocycles. The SMILES string of the molecule is CCN(CCC#N)c1ccccc1/C=C/C(=O)O. The Kier molecular flexibility index (Phi) is 5.46. The fraction of sp³-hybridized carbons (Fsp3) is 0.286. The first kappa shape index (κ1) is 13.8. The highest BCUT2D eigenvalue weighted by molar-refractivity contribution is 5.87. The Morgan fingerprint density at radius 1 is 1.50 bits per heavy atom. The highest BCUT2D eigenvalue weighted by Crippen LogP contribution is 2.21. The van der Waals surface area contributed by atoms with Crippen LogP contribution in [-0.4, -0.2) is 24.2 Å². The summed E-state index contributed by atoms with van der Waals surface area (Å²) >= 11 is 0. The lowest BCUT2D eigenvalue weighted by molar-refractivity contribution is -0.131. The van der Waals surface area contributed by atoms with Crippen molar-refractivity contribution >= 4 is 17.7 Å². The fourth-order valence-electron chi connectivity index (χ4n) is 1.71. The number of aliphatic carboxylic acids is 1. The van der Waals surface area contributed by atoms with Crippen LogP contribution < -0.4 is 4.90 Å². The summed E-state index contributed by atoms with van der Waals surface area (Å²) in [5, 5.41) is 17.3. The maximum atomic E-state index is 10.6. The van der Waals surface area contributed by atoms with Gasteiger partial charge < -0.3 is 10.0 Å². The highest BCUT2D eigenvalue weighted by Gasteiger charge is 2.07. The van der Waals surface area contributed by atoms with E-state index in [9.17, 15) is 4.79 Å². The van der Waals surface area contributed by atoms with Crippen molar-refractivity contribution in [2.45, 2.75) is 13.3 Å². The summed E-state index contributed by atoms with van der Waals surface area (Å²) in [5.41, 5.74) is 1.80. The van der Waals surface area contributed by atoms with Crippen LogP contribution in [0.3, 0.4) is 0 Å². The lowest BCUT2D eigenvalue weighted by Gasteiger charge is -2.23. The van der Waals surface area contributed by atoms with Crippen LogP contribution in [0.2, 0.25) is 0 Å². The third-order valence-corrected chi connectivity index (χ3v) is 2.56. The number of nitrogens with zero attached hydrogens (tertiary/aromatic N) is 2. The van der Waals surface area contributed by atoms with Gasteiger partial charge in [0.25, 0.3) is 0 Å². The molecule has 0 spiro atoms. The number of carbonyl (C=O) groups is 1. The molecule has 1 aromatic carbocycles. The summed E-state index contributed by atoms with van der Waals surface area (Å²) in [6, 6.07) is 9.69. The fourth-order valence-corrected chi connectivity index (χ4v) is 1.71. The molecular formula is C14H16N2O2. The molecule has 4 nitrogen and oxygen atoms in total. The lowest BCUT2D eigenvalue weighted by atomic mass is 10.1. The van der Waals surface area contributed by atoms with Crippen LogP contribution in [0.5, 0.6) is 0 Å². The van der Waals surface area contributed by atoms with E-state index in [1.165, 1.54) is 0 Å². The lowest BCUT2D eigenvalue weighted by Crippen LogP contribution is -2.24. The summed E-state index contributed by atoms with van der Waals surface area (Å²) < 4.78 is 0. The second-order valence-electron chi connectivity index (χ2n) is 3.72. The van der Waals surface area contributed by atoms with E-state index in [1.54, 1.807) is 6.08 Å². The van der Waals surface area contributed by atoms with Crippen molar-refractivity contribution in [1.82, 2.24) is 0 Å². The standard InChI is InChI=1S/C14H16N2O2/c1-2-16(11-5-10-15)13-7-4-3-6-12(13)8-9-14(17)18/h3-4,6-9H,2,5,11H2,1H3,(H,17,18)/b9-8+. The summed E-state index contributed by atoms with van der Waals surface area (Å²) in [7, 11) is 0. The smallest absolute Gasteiger partial charge is 0.328 e. The minimum absolute atomic E-state index is 0.449. The van der Waals surface area contributed by atoms with Crippen molar-refractivity contribution in [2.75, 3.05) is 18.0 Å². The zero-order chi connectivity index (χ0) is 13.4. The molecule has 94 valence electrons. The molecular weight excluding hydrogens is 228 g/mol. The molecule has 0 bridgehead atoms. The molecule has 18 heavy (non-hydrogen) atoms. The van der Waals surface area contributed by atoms with Gasteiger partial charge in [-0.25, -0.2) is 4.79 Å². The van der Waals surface area contributed by atoms with E-state index in [0.717, 1.165) is 23.9 Å². The van der Waals surface area contributed by atoms with Crippen molar-refractivity contribution in [1.29, 1.82) is 5.26 Å². The van der Waals surface area contributed by atoms with Crippen LogP contribution in [0.25, 0.3) is 6.08 Å². The second kappa shape index (κ2) is 7.13. The molecule has 0 aliphatic rings. The van der Waals surface area contributed by atoms with Gasteiger partial charge in [-0.05, 0) is 24.6 Å². The van der Waals surface area contributed by atoms with Crippen LogP contribution >= 0.6 is 0 Å². The molecule has 0 aromatic heterocycles. The molecule has 1 N–H and O–H groups in total. The molecule has 0 saturated heterocycles. The Bertz CT molecular complexity index is 475. The monoisotopic (exact) mass is 244 g/mol. The second-order valence-corrected chi connectivity index (χ2v) is 3.72. The largest absolute Gasteiger partial charge is 0.478 e. The van der Waals surface area contributed by atoms with Crippen molar-refractivity contribution < 1.29 is 9.90 Å². The molecule has 4 heteroatoms. The average molecular weight is 244 g/mol. The number of carboxylic acid groups (broad SMARTS) is 1. The van der Waals surface area contributed by atoms with E-state index in [4.69, 9.17) is 10.4 Å². The van der Waals surface area contributed by atoms with Crippen molar-refractivity contribution in [3.8, 4) is 6.07 Å². The third-order valence-electron chi connectivity index (χ3n) is 2.56. The van der Waals surface area contributed by atoms with Gasteiger partial charge in [0, 0.05) is 24.9 Å². The number of benzene rings is 1. The molecule has 0 fully saturated rings. The Labute approximate surface area is 107 Å². The van der Waals surface area contributed by atoms with Gasteiger partial charge in [0.15, 0.2) is 0 Å². The normalized spacial score (nSPS) is 10.2. The van der Waals surface area contributed by atoms with Crippen LogP contribution in [0, 0.1) is 11.3 Å². The van der Waals surface area contributed by atoms with Gasteiger partial charge in [-0.1, -0.05) is 18.2 Å². The Morgan fingerprint density at radius 2 is 2.22 bits per heavy atom. The van der Waals surface area contributed by atoms with E-state index >= 15 is 0 Å². The first-order valence-electron chi connectivity index (χ1n) is 5.81. The maximum absolute atomic E-state index is 10.6. The van der Waals surface area contributed by atoms with Crippen LogP contribution in [0.15, 0.2) is 30.3 Å². The number of rotatable bonds is 6. The zero-order valence-corrected chi connectivity index (χ0v) is 10.3. The number of para-hydroxylation sites is 1. The van der Waals surface area contributed by atoms with E-state index < -0.39 is 5.97 Å². The Morgan fingerprint density at radius 3 is 2.83 bits per heavy atom. The molecule has 0 amide bonds. The molecule has 0 heterocycles. The van der Waals surface area contributed by atoms with Gasteiger partial charge in [0.05, 0.1) is 12.5 Å². The number of hydrogen-bond donors (Lipinski definition) is 1. The minimum atomic E-state index is -0.968. The maximum Gasteiger partial charge on any atom is 0.328 e. The molecule has 0 radical (unpaired) electrons. The Balaban J connectivity index is 2.99. The van der Waals surface area contributed by atoms with E-state index in [0.29, 0.717) is 13.0 Å². The topological polar surface area (TPSA) is 64.3 Å². The first-order chi connectivity index (χ1) is 8.69. The predicted octanol–water partition coefficient (Wildman–Crippen LogP) is 2.52. The van der Waals surface area contributed by atoms with Gasteiger partial charge in [-0.3, -0.25) is 0 Å². The minimum Gasteiger partial charge on any atom is -0.478 e. The van der Waals surface area contributed by atoms with Crippen molar-refractivity contribution in [3.63, 3.8) is 0 Å². The average Bonchev–Trinajstić information content (AvgIpc) is 2.38. The third kappa shape index (κ3) is 3.95. The molecule has 0 aliphatic carbocycles. The van der Waals surface area contributed by atoms with E-state index in [1.807, 2.05) is 31.2 Å². The zero-order valence-electron chi connectivity index (χ0n) is 10.3. The van der Waals surface area contributed by atoms with Gasteiger partial charge in [0.2, 0.25) is 0 Å². The first-order valence-corrected chi connectivity index (χ1v) is 5.81. The van der Waals surface area contributed by atoms with E-state index in [-0.39, 0.29) is 0 Å². The molecule has 1 aromatic rings. The number of nitriles is 1. The van der Waals surface area contributed by atoms with Gasteiger partial charge in [0.1, 0.15) is 0 Å². The summed E-state index contributed by atoms with van der Waals surface area (Å²) in [6.45, 7) is 3.43. The molecule has 0 aliphatic heterocycles. The van der Waals surface area contributed by atoms with Crippen molar-refractivity contribution in [3.05, 3.63) is 35.9 Å². The number of hydrogen-bond acceptors (Lipinski definition) is 3. The summed E-state index contributed by atoms with van der Waals surface area (Å²) in [4.78, 5) is 12.6. The molecule has 0 atom stereocenters. The summed E-state index contributed by atoms with van der Waals surface area (Å²) in [5.74, 6) is -0.968. The van der Waals surface area contributed by atoms with Gasteiger partial charge in [-0.2, -0.15) is 5.26 Å². The van der Waals surface area contributed by atoms with E-state index in [2.05, 4.69) is 11.0 Å². The number of anilines is 1. The molecule has 1 rings (SSSR count). The van der Waals surface area contributed by atoms with Gasteiger partial charge >= 0.3 is 5.97 Å². The van der Waals surface area contributed by atoms with Crippen molar-refractivity contribution in [2.24, 2.45) is 0 Å². The Hall–Kier alpha value is -2.28. The summed E-state index contributed by atoms with van der Waals surface area (Å²) in [6.07, 6.45) is 3.15. The predicted molar refractivity (Wildman–Crippen MR) is 71.2 cm³/mol. The highest BCUT2D eigenvalue weighted by atomic mass is 16.4. The van der Waals surface area contributed by atoms with Crippen LogP contribution in [0.1, 0.15) is 18.9 Å².